The Morgan fingerprint density at radius 2 is 1.12 bits per heavy atom. The van der Waals surface area contributed by atoms with Gasteiger partial charge in [-0.05, 0) is 42.5 Å². The lowest BCUT2D eigenvalue weighted by molar-refractivity contribution is -0.00000780. The van der Waals surface area contributed by atoms with Crippen molar-refractivity contribution < 1.29 is 33.5 Å². The average molecular weight is 574 g/mol. The maximum absolute atomic E-state index is 5.70. The van der Waals surface area contributed by atoms with Crippen LogP contribution < -0.4 is 49.7 Å². The van der Waals surface area contributed by atoms with Crippen molar-refractivity contribution in [1.82, 2.24) is 0 Å². The number of hydrogen-bond donors (Lipinski definition) is 0. The van der Waals surface area contributed by atoms with Gasteiger partial charge in [0.25, 0.3) is 0 Å². The van der Waals surface area contributed by atoms with Gasteiger partial charge in [-0.3, -0.25) is 0 Å². The van der Waals surface area contributed by atoms with Gasteiger partial charge < -0.3 is 43.3 Å². The van der Waals surface area contributed by atoms with Crippen LogP contribution in [0.5, 0.6) is 0 Å². The second kappa shape index (κ2) is 11.2. The first-order valence-electron chi connectivity index (χ1n) is 11.5. The Kier molecular flexibility index (Phi) is 8.29. The van der Waals surface area contributed by atoms with Crippen LogP contribution in [0.2, 0.25) is 0 Å². The number of rotatable bonds is 5. The van der Waals surface area contributed by atoms with Crippen LogP contribution in [-0.2, 0) is 9.47 Å². The molecule has 3 aromatic rings. The SMILES string of the molecule is C[P+](c1ccccc1)(c1ccccc1)c1ccc(N2CCOCC2)cc1N1CCOCC1.[I-]. The monoisotopic (exact) mass is 574 g/mol. The van der Waals surface area contributed by atoms with E-state index in [1.807, 2.05) is 0 Å². The molecule has 0 unspecified atom stereocenters. The van der Waals surface area contributed by atoms with Crippen LogP contribution in [0.4, 0.5) is 11.4 Å². The highest BCUT2D eigenvalue weighted by atomic mass is 127. The first kappa shape index (κ1) is 24.5. The van der Waals surface area contributed by atoms with Crippen molar-refractivity contribution in [3.05, 3.63) is 78.9 Å². The molecule has 2 saturated heterocycles. The van der Waals surface area contributed by atoms with Gasteiger partial charge in [0.15, 0.2) is 0 Å². The molecule has 0 bridgehead atoms. The predicted molar refractivity (Wildman–Crippen MR) is 137 cm³/mol. The average Bonchev–Trinajstić information content (AvgIpc) is 2.90. The molecule has 2 fully saturated rings. The van der Waals surface area contributed by atoms with Crippen LogP contribution in [0, 0.1) is 0 Å². The summed E-state index contributed by atoms with van der Waals surface area (Å²) < 4.78 is 11.3. The highest BCUT2D eigenvalue weighted by molar-refractivity contribution is 7.95. The minimum atomic E-state index is -1.82. The first-order chi connectivity index (χ1) is 15.8. The Hall–Kier alpha value is -1.66. The van der Waals surface area contributed by atoms with Gasteiger partial charge in [0.1, 0.15) is 23.2 Å². The van der Waals surface area contributed by atoms with E-state index in [4.69, 9.17) is 9.47 Å². The smallest absolute Gasteiger partial charge is 0.127 e. The quantitative estimate of drug-likeness (QED) is 0.324. The van der Waals surface area contributed by atoms with Crippen molar-refractivity contribution >= 4 is 34.6 Å². The Morgan fingerprint density at radius 3 is 1.64 bits per heavy atom. The molecule has 6 heteroatoms. The van der Waals surface area contributed by atoms with Gasteiger partial charge in [-0.1, -0.05) is 36.4 Å². The zero-order valence-corrected chi connectivity index (χ0v) is 22.3. The van der Waals surface area contributed by atoms with Crippen LogP contribution in [0.25, 0.3) is 0 Å². The van der Waals surface area contributed by atoms with Gasteiger partial charge in [0, 0.05) is 31.9 Å². The van der Waals surface area contributed by atoms with Crippen LogP contribution in [0.15, 0.2) is 78.9 Å². The van der Waals surface area contributed by atoms with E-state index in [0.717, 1.165) is 52.6 Å². The van der Waals surface area contributed by atoms with Gasteiger partial charge in [0.2, 0.25) is 0 Å². The van der Waals surface area contributed by atoms with Gasteiger partial charge in [-0.25, -0.2) is 0 Å². The minimum Gasteiger partial charge on any atom is -1.00 e. The Bertz CT molecular complexity index is 983. The summed E-state index contributed by atoms with van der Waals surface area (Å²) >= 11 is 0. The van der Waals surface area contributed by atoms with Crippen LogP contribution in [0.1, 0.15) is 0 Å². The topological polar surface area (TPSA) is 24.9 Å². The molecule has 3 aromatic carbocycles. The summed E-state index contributed by atoms with van der Waals surface area (Å²) in [6.07, 6.45) is 0. The summed E-state index contributed by atoms with van der Waals surface area (Å²) in [4.78, 5) is 4.99. The Labute approximate surface area is 215 Å². The molecule has 5 rings (SSSR count). The molecular weight excluding hydrogens is 542 g/mol. The van der Waals surface area contributed by atoms with Crippen molar-refractivity contribution in [2.24, 2.45) is 0 Å². The zero-order valence-electron chi connectivity index (χ0n) is 19.2. The highest BCUT2D eigenvalue weighted by Crippen LogP contribution is 2.54. The fraction of sp³-hybridized carbons (Fsp3) is 0.333. The van der Waals surface area contributed by atoms with Crippen LogP contribution in [-0.4, -0.2) is 59.3 Å². The lowest BCUT2D eigenvalue weighted by atomic mass is 10.2. The fourth-order valence-corrected chi connectivity index (χ4v) is 8.27. The third-order valence-corrected chi connectivity index (χ3v) is 10.7. The lowest BCUT2D eigenvalue weighted by Gasteiger charge is -2.35. The van der Waals surface area contributed by atoms with Crippen molar-refractivity contribution in [2.45, 2.75) is 0 Å². The standard InChI is InChI=1S/C27H32N2O2P.HI/c1-32(24-8-4-2-5-9-24,25-10-6-3-7-11-25)27-13-12-23(28-14-18-30-19-15-28)22-26(27)29-16-20-31-21-17-29;/h2-13,22H,14-21H2,1H3;1H/q+1;/p-1. The maximum Gasteiger partial charge on any atom is 0.127 e. The lowest BCUT2D eigenvalue weighted by Crippen LogP contribution is -3.00. The first-order valence-corrected chi connectivity index (χ1v) is 13.8. The molecule has 0 amide bonds. The van der Waals surface area contributed by atoms with E-state index in [0.29, 0.717) is 0 Å². The summed E-state index contributed by atoms with van der Waals surface area (Å²) in [5, 5.41) is 4.29. The summed E-state index contributed by atoms with van der Waals surface area (Å²) in [5.41, 5.74) is 2.66. The van der Waals surface area contributed by atoms with Gasteiger partial charge in [-0.2, -0.15) is 0 Å². The van der Waals surface area contributed by atoms with Crippen molar-refractivity contribution in [3.63, 3.8) is 0 Å². The highest BCUT2D eigenvalue weighted by Gasteiger charge is 2.43. The summed E-state index contributed by atoms with van der Waals surface area (Å²) in [6, 6.07) is 29.3. The molecule has 0 aliphatic carbocycles. The molecule has 2 aliphatic rings. The normalized spacial score (nSPS) is 16.9. The Morgan fingerprint density at radius 1 is 0.636 bits per heavy atom. The maximum atomic E-state index is 5.70. The number of morpholine rings is 2. The molecule has 0 radical (unpaired) electrons. The zero-order chi connectivity index (χ0) is 21.8. The van der Waals surface area contributed by atoms with Crippen LogP contribution in [0.3, 0.4) is 0 Å². The summed E-state index contributed by atoms with van der Waals surface area (Å²) in [5.74, 6) is 0. The van der Waals surface area contributed by atoms with Crippen molar-refractivity contribution in [3.8, 4) is 0 Å². The number of nitrogens with zero attached hydrogens (tertiary/aromatic N) is 2. The molecule has 33 heavy (non-hydrogen) atoms. The van der Waals surface area contributed by atoms with E-state index >= 15 is 0 Å². The van der Waals surface area contributed by atoms with Crippen molar-refractivity contribution in [2.75, 3.05) is 69.1 Å². The number of ether oxygens (including phenoxy) is 2. The second-order valence-electron chi connectivity index (χ2n) is 8.55. The number of halogens is 1. The number of anilines is 2. The molecule has 2 heterocycles. The molecule has 4 nitrogen and oxygen atoms in total. The molecule has 0 atom stereocenters. The molecule has 174 valence electrons. The largest absolute Gasteiger partial charge is 1.00 e. The van der Waals surface area contributed by atoms with E-state index in [1.165, 1.54) is 27.3 Å². The minimum absolute atomic E-state index is 0. The molecule has 0 spiro atoms. The summed E-state index contributed by atoms with van der Waals surface area (Å²) in [7, 11) is -1.82. The van der Waals surface area contributed by atoms with E-state index in [9.17, 15) is 0 Å². The van der Waals surface area contributed by atoms with Gasteiger partial charge in [0.05, 0.1) is 38.8 Å². The summed E-state index contributed by atoms with van der Waals surface area (Å²) in [6.45, 7) is 9.41. The third-order valence-electron chi connectivity index (χ3n) is 6.71. The predicted octanol–water partition coefficient (Wildman–Crippen LogP) is 0.288. The van der Waals surface area contributed by atoms with Crippen molar-refractivity contribution in [1.29, 1.82) is 0 Å². The van der Waals surface area contributed by atoms with Crippen LogP contribution >= 0.6 is 7.26 Å². The Balaban J connectivity index is 0.00000259. The molecule has 2 aliphatic heterocycles. The van der Waals surface area contributed by atoms with Gasteiger partial charge in [-0.15, -0.1) is 0 Å². The molecule has 0 aromatic heterocycles. The van der Waals surface area contributed by atoms with E-state index < -0.39 is 7.26 Å². The number of hydrogen-bond acceptors (Lipinski definition) is 4. The third kappa shape index (κ3) is 5.07. The fourth-order valence-electron chi connectivity index (χ4n) is 4.85. The molecule has 0 saturated carbocycles. The molecular formula is C27H32IN2O2P. The van der Waals surface area contributed by atoms with E-state index in [-0.39, 0.29) is 24.0 Å². The number of benzene rings is 3. The van der Waals surface area contributed by atoms with E-state index in [2.05, 4.69) is 95.3 Å². The van der Waals surface area contributed by atoms with E-state index in [1.54, 1.807) is 0 Å². The van der Waals surface area contributed by atoms with Gasteiger partial charge >= 0.3 is 0 Å². The molecule has 0 N–H and O–H groups in total. The second-order valence-corrected chi connectivity index (χ2v) is 12.1.